The lowest BCUT2D eigenvalue weighted by Crippen LogP contribution is -2.51. The molecule has 1 atom stereocenters. The average Bonchev–Trinajstić information content (AvgIpc) is 3.20. The summed E-state index contributed by atoms with van der Waals surface area (Å²) in [6.45, 7) is 2.64. The molecule has 168 valence electrons. The summed E-state index contributed by atoms with van der Waals surface area (Å²) in [4.78, 5) is 24.2. The normalized spacial score (nSPS) is 20.3. The van der Waals surface area contributed by atoms with E-state index in [9.17, 15) is 4.79 Å². The molecular formula is C23H25N9O. The number of nitrogens with one attached hydrogen (secondary N) is 3. The average molecular weight is 444 g/mol. The Morgan fingerprint density at radius 1 is 1.24 bits per heavy atom. The molecule has 0 unspecified atom stereocenters. The van der Waals surface area contributed by atoms with Gasteiger partial charge in [-0.3, -0.25) is 14.9 Å². The minimum absolute atomic E-state index is 0.0849. The zero-order chi connectivity index (χ0) is 22.4. The highest BCUT2D eigenvalue weighted by Crippen LogP contribution is 2.40. The third-order valence-corrected chi connectivity index (χ3v) is 6.55. The molecule has 0 bridgehead atoms. The summed E-state index contributed by atoms with van der Waals surface area (Å²) < 4.78 is 1.79. The molecule has 10 heteroatoms. The van der Waals surface area contributed by atoms with Gasteiger partial charge in [0.15, 0.2) is 11.6 Å². The fraction of sp³-hybridized carbons (Fsp3) is 0.348. The predicted molar refractivity (Wildman–Crippen MR) is 125 cm³/mol. The first-order valence-corrected chi connectivity index (χ1v) is 11.3. The lowest BCUT2D eigenvalue weighted by molar-refractivity contribution is -0.120. The van der Waals surface area contributed by atoms with Gasteiger partial charge in [-0.15, -0.1) is 5.10 Å². The van der Waals surface area contributed by atoms with Crippen molar-refractivity contribution >= 4 is 34.7 Å². The summed E-state index contributed by atoms with van der Waals surface area (Å²) in [6.07, 6.45) is 9.21. The van der Waals surface area contributed by atoms with E-state index in [0.717, 1.165) is 29.1 Å². The van der Waals surface area contributed by atoms with Gasteiger partial charge < -0.3 is 15.5 Å². The van der Waals surface area contributed by atoms with E-state index in [1.807, 2.05) is 36.2 Å². The monoisotopic (exact) mass is 443 g/mol. The van der Waals surface area contributed by atoms with E-state index in [1.165, 1.54) is 12.8 Å². The zero-order valence-corrected chi connectivity index (χ0v) is 18.3. The summed E-state index contributed by atoms with van der Waals surface area (Å²) >= 11 is 0. The highest BCUT2D eigenvalue weighted by molar-refractivity contribution is 6.00. The van der Waals surface area contributed by atoms with Crippen LogP contribution in [0, 0.1) is 0 Å². The van der Waals surface area contributed by atoms with Crippen molar-refractivity contribution in [3.8, 4) is 0 Å². The maximum Gasteiger partial charge on any atom is 0.250 e. The lowest BCUT2D eigenvalue weighted by Gasteiger charge is -2.34. The molecule has 2 aliphatic rings. The Bertz CT molecular complexity index is 1310. The Morgan fingerprint density at radius 3 is 2.91 bits per heavy atom. The van der Waals surface area contributed by atoms with Crippen LogP contribution in [-0.2, 0) is 4.79 Å². The summed E-state index contributed by atoms with van der Waals surface area (Å²) in [5.41, 5.74) is 1.94. The van der Waals surface area contributed by atoms with Gasteiger partial charge in [0.2, 0.25) is 11.9 Å². The summed E-state index contributed by atoms with van der Waals surface area (Å²) in [5, 5.41) is 18.6. The van der Waals surface area contributed by atoms with Crippen LogP contribution in [0.25, 0.3) is 5.52 Å². The quantitative estimate of drug-likeness (QED) is 0.418. The van der Waals surface area contributed by atoms with Crippen molar-refractivity contribution in [3.63, 3.8) is 0 Å². The Balaban J connectivity index is 1.32. The smallest absolute Gasteiger partial charge is 0.250 e. The summed E-state index contributed by atoms with van der Waals surface area (Å²) in [5.74, 6) is 2.39. The zero-order valence-electron chi connectivity index (χ0n) is 18.3. The molecule has 4 aromatic heterocycles. The number of anilines is 4. The maximum absolute atomic E-state index is 13.3. The minimum atomic E-state index is -0.771. The van der Waals surface area contributed by atoms with E-state index in [1.54, 1.807) is 29.0 Å². The van der Waals surface area contributed by atoms with Gasteiger partial charge in [-0.2, -0.15) is 10.1 Å². The molecule has 1 aliphatic carbocycles. The summed E-state index contributed by atoms with van der Waals surface area (Å²) in [7, 11) is 0. The lowest BCUT2D eigenvalue weighted by atomic mass is 9.97. The van der Waals surface area contributed by atoms with Gasteiger partial charge in [0, 0.05) is 48.5 Å². The Labute approximate surface area is 190 Å². The number of rotatable bonds is 6. The van der Waals surface area contributed by atoms with Crippen LogP contribution in [0.1, 0.15) is 44.2 Å². The van der Waals surface area contributed by atoms with Gasteiger partial charge in [-0.05, 0) is 56.9 Å². The molecule has 1 saturated heterocycles. The number of amides is 1. The molecule has 3 N–H and O–H groups in total. The second-order valence-electron chi connectivity index (χ2n) is 8.93. The number of carbonyl (C=O) groups is 1. The highest BCUT2D eigenvalue weighted by atomic mass is 16.2. The predicted octanol–water partition coefficient (Wildman–Crippen LogP) is 3.47. The number of aromatic nitrogens is 6. The van der Waals surface area contributed by atoms with Crippen LogP contribution >= 0.6 is 0 Å². The Hall–Kier alpha value is -3.95. The fourth-order valence-corrected chi connectivity index (χ4v) is 4.48. The van der Waals surface area contributed by atoms with E-state index in [2.05, 4.69) is 25.8 Å². The number of hydrogen-bond donors (Lipinski definition) is 3. The van der Waals surface area contributed by atoms with Gasteiger partial charge in [-0.25, -0.2) is 4.52 Å². The Morgan fingerprint density at radius 2 is 2.09 bits per heavy atom. The molecule has 10 nitrogen and oxygen atoms in total. The van der Waals surface area contributed by atoms with E-state index in [-0.39, 0.29) is 5.91 Å². The van der Waals surface area contributed by atoms with Gasteiger partial charge in [0.1, 0.15) is 11.1 Å². The second kappa shape index (κ2) is 7.58. The number of aromatic amines is 1. The van der Waals surface area contributed by atoms with E-state index in [0.29, 0.717) is 30.6 Å². The minimum Gasteiger partial charge on any atom is -0.325 e. The molecule has 0 aromatic carbocycles. The van der Waals surface area contributed by atoms with E-state index < -0.39 is 5.54 Å². The van der Waals surface area contributed by atoms with Gasteiger partial charge in [0.05, 0.1) is 0 Å². The van der Waals surface area contributed by atoms with Gasteiger partial charge >= 0.3 is 0 Å². The molecule has 33 heavy (non-hydrogen) atoms. The van der Waals surface area contributed by atoms with Crippen molar-refractivity contribution in [1.82, 2.24) is 29.8 Å². The molecule has 2 fully saturated rings. The third kappa shape index (κ3) is 3.57. The van der Waals surface area contributed by atoms with Gasteiger partial charge in [-0.1, -0.05) is 0 Å². The van der Waals surface area contributed by atoms with Crippen LogP contribution in [0.4, 0.5) is 23.3 Å². The maximum atomic E-state index is 13.3. The molecule has 0 radical (unpaired) electrons. The van der Waals surface area contributed by atoms with Crippen molar-refractivity contribution in [1.29, 1.82) is 0 Å². The number of hydrogen-bond acceptors (Lipinski definition) is 7. The fourth-order valence-electron chi connectivity index (χ4n) is 4.48. The molecule has 6 rings (SSSR count). The first-order chi connectivity index (χ1) is 16.1. The number of carbonyl (C=O) groups excluding carboxylic acids is 1. The largest absolute Gasteiger partial charge is 0.325 e. The number of H-pyrrole nitrogens is 1. The first kappa shape index (κ1) is 19.7. The van der Waals surface area contributed by atoms with Crippen molar-refractivity contribution in [2.75, 3.05) is 22.1 Å². The molecule has 1 amide bonds. The van der Waals surface area contributed by atoms with Crippen molar-refractivity contribution < 1.29 is 4.79 Å². The van der Waals surface area contributed by atoms with Crippen LogP contribution in [0.2, 0.25) is 0 Å². The topological polar surface area (TPSA) is 116 Å². The van der Waals surface area contributed by atoms with Crippen LogP contribution in [-0.4, -0.2) is 47.8 Å². The number of nitrogens with zero attached hydrogens (tertiary/aromatic N) is 6. The van der Waals surface area contributed by atoms with Gasteiger partial charge in [0.25, 0.3) is 0 Å². The number of fused-ring (bicyclic) bond motifs is 1. The second-order valence-corrected chi connectivity index (χ2v) is 8.93. The SMILES string of the molecule is C[C@@]1(C(=O)Nc2ccncc2)CCCN1c1nc(Nc2cc(C3CC3)[nH]n2)c2cccn2n1. The molecule has 1 aliphatic heterocycles. The standard InChI is InChI=1S/C23H25N9O/c1-23(21(33)25-16-7-10-24-11-8-16)9-3-12-31(23)22-27-20(18-4-2-13-32(18)30-22)26-19-14-17(28-29-19)15-5-6-15/h2,4,7-8,10-11,13-15H,3,5-6,9,12H2,1H3,(H,24,25,33)(H2,26,27,28,29,30)/t23-/m0/s1. The molecule has 4 aromatic rings. The summed E-state index contributed by atoms with van der Waals surface area (Å²) in [6, 6.07) is 9.49. The third-order valence-electron chi connectivity index (χ3n) is 6.55. The van der Waals surface area contributed by atoms with E-state index in [4.69, 9.17) is 10.1 Å². The van der Waals surface area contributed by atoms with Crippen molar-refractivity contribution in [2.24, 2.45) is 0 Å². The van der Waals surface area contributed by atoms with Crippen LogP contribution in [0.3, 0.4) is 0 Å². The molecular weight excluding hydrogens is 418 g/mol. The van der Waals surface area contributed by atoms with E-state index >= 15 is 0 Å². The van der Waals surface area contributed by atoms with Crippen molar-refractivity contribution in [2.45, 2.75) is 44.1 Å². The molecule has 1 saturated carbocycles. The number of pyridine rings is 1. The van der Waals surface area contributed by atoms with Crippen molar-refractivity contribution in [3.05, 3.63) is 54.6 Å². The molecule has 0 spiro atoms. The highest BCUT2D eigenvalue weighted by Gasteiger charge is 2.45. The van der Waals surface area contributed by atoms with Crippen LogP contribution in [0.15, 0.2) is 48.9 Å². The Kier molecular flexibility index (Phi) is 4.53. The van der Waals surface area contributed by atoms with Crippen LogP contribution < -0.4 is 15.5 Å². The first-order valence-electron chi connectivity index (χ1n) is 11.3. The van der Waals surface area contributed by atoms with Crippen LogP contribution in [0.5, 0.6) is 0 Å². The molecule has 5 heterocycles.